The van der Waals surface area contributed by atoms with Crippen LogP contribution in [0.15, 0.2) is 48.5 Å². The molecule has 0 aromatic heterocycles. The van der Waals surface area contributed by atoms with Gasteiger partial charge in [-0.25, -0.2) is 0 Å². The first kappa shape index (κ1) is 17.0. The molecule has 0 spiro atoms. The number of carbonyl (C=O) groups excluding carboxylic acids is 1. The molecule has 1 N–H and O–H groups in total. The Morgan fingerprint density at radius 1 is 1.17 bits per heavy atom. The summed E-state index contributed by atoms with van der Waals surface area (Å²) in [5.74, 6) is 0.679. The second-order valence-electron chi connectivity index (χ2n) is 6.64. The minimum Gasteiger partial charge on any atom is -0.322 e. The van der Waals surface area contributed by atoms with E-state index in [0.717, 1.165) is 18.2 Å². The summed E-state index contributed by atoms with van der Waals surface area (Å²) in [5.41, 5.74) is 2.67. The highest BCUT2D eigenvalue weighted by Gasteiger charge is 2.16. The SMILES string of the molecule is C[C@@H]1CCCN(Cc2ccc(C(=O)Nc3ccc(Cl)cc3)cc2)C1. The number of nitrogens with one attached hydrogen (secondary N) is 1. The average Bonchev–Trinajstić information content (AvgIpc) is 2.57. The van der Waals surface area contributed by atoms with E-state index in [1.165, 1.54) is 31.5 Å². The van der Waals surface area contributed by atoms with Gasteiger partial charge in [-0.15, -0.1) is 0 Å². The van der Waals surface area contributed by atoms with Gasteiger partial charge in [-0.1, -0.05) is 30.7 Å². The largest absolute Gasteiger partial charge is 0.322 e. The molecule has 0 bridgehead atoms. The topological polar surface area (TPSA) is 32.3 Å². The summed E-state index contributed by atoms with van der Waals surface area (Å²) in [6, 6.07) is 15.0. The Balaban J connectivity index is 1.59. The highest BCUT2D eigenvalue weighted by atomic mass is 35.5. The van der Waals surface area contributed by atoms with Gasteiger partial charge >= 0.3 is 0 Å². The molecular formula is C20H23ClN2O. The Hall–Kier alpha value is -1.84. The van der Waals surface area contributed by atoms with Crippen molar-refractivity contribution < 1.29 is 4.79 Å². The molecule has 0 aliphatic carbocycles. The van der Waals surface area contributed by atoms with Crippen LogP contribution in [0.25, 0.3) is 0 Å². The van der Waals surface area contributed by atoms with E-state index in [9.17, 15) is 4.79 Å². The molecule has 1 aliphatic heterocycles. The van der Waals surface area contributed by atoms with E-state index in [-0.39, 0.29) is 5.91 Å². The van der Waals surface area contributed by atoms with Gasteiger partial charge in [0.2, 0.25) is 0 Å². The lowest BCUT2D eigenvalue weighted by Gasteiger charge is -2.30. The van der Waals surface area contributed by atoms with E-state index in [2.05, 4.69) is 29.3 Å². The number of piperidine rings is 1. The van der Waals surface area contributed by atoms with Crippen molar-refractivity contribution in [1.82, 2.24) is 4.90 Å². The van der Waals surface area contributed by atoms with Gasteiger partial charge in [-0.3, -0.25) is 9.69 Å². The summed E-state index contributed by atoms with van der Waals surface area (Å²) in [6.45, 7) is 5.61. The highest BCUT2D eigenvalue weighted by Crippen LogP contribution is 2.19. The number of nitrogens with zero attached hydrogens (tertiary/aromatic N) is 1. The van der Waals surface area contributed by atoms with Gasteiger partial charge in [0.05, 0.1) is 0 Å². The van der Waals surface area contributed by atoms with Crippen molar-refractivity contribution in [1.29, 1.82) is 0 Å². The van der Waals surface area contributed by atoms with Gasteiger partial charge < -0.3 is 5.32 Å². The van der Waals surface area contributed by atoms with E-state index < -0.39 is 0 Å². The molecule has 0 unspecified atom stereocenters. The van der Waals surface area contributed by atoms with Crippen LogP contribution in [0.3, 0.4) is 0 Å². The molecule has 1 fully saturated rings. The van der Waals surface area contributed by atoms with Crippen LogP contribution >= 0.6 is 11.6 Å². The van der Waals surface area contributed by atoms with Crippen molar-refractivity contribution >= 4 is 23.2 Å². The van der Waals surface area contributed by atoms with E-state index in [1.54, 1.807) is 24.3 Å². The number of carbonyl (C=O) groups is 1. The third-order valence-electron chi connectivity index (χ3n) is 4.47. The normalized spacial score (nSPS) is 18.3. The highest BCUT2D eigenvalue weighted by molar-refractivity contribution is 6.30. The Bertz CT molecular complexity index is 682. The van der Waals surface area contributed by atoms with Crippen molar-refractivity contribution in [3.8, 4) is 0 Å². The van der Waals surface area contributed by atoms with Gasteiger partial charge in [0.1, 0.15) is 0 Å². The fraction of sp³-hybridized carbons (Fsp3) is 0.350. The molecule has 24 heavy (non-hydrogen) atoms. The zero-order chi connectivity index (χ0) is 16.9. The van der Waals surface area contributed by atoms with Gasteiger partial charge in [0.25, 0.3) is 5.91 Å². The number of hydrogen-bond donors (Lipinski definition) is 1. The quantitative estimate of drug-likeness (QED) is 0.863. The van der Waals surface area contributed by atoms with Gasteiger partial charge in [-0.2, -0.15) is 0 Å². The monoisotopic (exact) mass is 342 g/mol. The van der Waals surface area contributed by atoms with E-state index in [1.807, 2.05) is 12.1 Å². The fourth-order valence-electron chi connectivity index (χ4n) is 3.19. The third-order valence-corrected chi connectivity index (χ3v) is 4.72. The first-order chi connectivity index (χ1) is 11.6. The number of rotatable bonds is 4. The molecule has 2 aromatic rings. The lowest BCUT2D eigenvalue weighted by Crippen LogP contribution is -2.33. The van der Waals surface area contributed by atoms with Crippen LogP contribution in [-0.4, -0.2) is 23.9 Å². The molecule has 3 nitrogen and oxygen atoms in total. The lowest BCUT2D eigenvalue weighted by molar-refractivity contribution is 0.102. The van der Waals surface area contributed by atoms with Gasteiger partial charge in [-0.05, 0) is 67.3 Å². The molecule has 4 heteroatoms. The van der Waals surface area contributed by atoms with Crippen LogP contribution in [0.5, 0.6) is 0 Å². The zero-order valence-electron chi connectivity index (χ0n) is 14.0. The standard InChI is InChI=1S/C20H23ClN2O/c1-15-3-2-12-23(13-15)14-16-4-6-17(7-5-16)20(24)22-19-10-8-18(21)9-11-19/h4-11,15H,2-3,12-14H2,1H3,(H,22,24)/t15-/m1/s1. The molecule has 126 valence electrons. The molecule has 1 saturated heterocycles. The third kappa shape index (κ3) is 4.59. The lowest BCUT2D eigenvalue weighted by atomic mass is 9.99. The van der Waals surface area contributed by atoms with Crippen molar-refractivity contribution in [2.75, 3.05) is 18.4 Å². The van der Waals surface area contributed by atoms with Crippen molar-refractivity contribution in [3.05, 3.63) is 64.7 Å². The Kier molecular flexibility index (Phi) is 5.54. The summed E-state index contributed by atoms with van der Waals surface area (Å²) in [5, 5.41) is 3.54. The molecule has 1 amide bonds. The predicted octanol–water partition coefficient (Wildman–Crippen LogP) is 4.82. The molecule has 0 saturated carbocycles. The summed E-state index contributed by atoms with van der Waals surface area (Å²) in [7, 11) is 0. The molecule has 1 heterocycles. The Morgan fingerprint density at radius 3 is 2.54 bits per heavy atom. The minimum atomic E-state index is -0.101. The fourth-order valence-corrected chi connectivity index (χ4v) is 3.31. The first-order valence-electron chi connectivity index (χ1n) is 8.48. The molecule has 2 aromatic carbocycles. The molecule has 1 aliphatic rings. The van der Waals surface area contributed by atoms with Gasteiger partial charge in [0, 0.05) is 29.4 Å². The van der Waals surface area contributed by atoms with Crippen molar-refractivity contribution in [2.24, 2.45) is 5.92 Å². The number of likely N-dealkylation sites (tertiary alicyclic amines) is 1. The number of amides is 1. The zero-order valence-corrected chi connectivity index (χ0v) is 14.7. The molecular weight excluding hydrogens is 320 g/mol. The summed E-state index contributed by atoms with van der Waals surface area (Å²) in [6.07, 6.45) is 2.61. The minimum absolute atomic E-state index is 0.101. The van der Waals surface area contributed by atoms with Crippen LogP contribution in [0, 0.1) is 5.92 Å². The van der Waals surface area contributed by atoms with Crippen molar-refractivity contribution in [2.45, 2.75) is 26.3 Å². The van der Waals surface area contributed by atoms with Gasteiger partial charge in [0.15, 0.2) is 0 Å². The maximum atomic E-state index is 12.3. The number of hydrogen-bond acceptors (Lipinski definition) is 2. The van der Waals surface area contributed by atoms with Crippen LogP contribution in [-0.2, 0) is 6.54 Å². The first-order valence-corrected chi connectivity index (χ1v) is 8.86. The molecule has 1 atom stereocenters. The number of halogens is 1. The second-order valence-corrected chi connectivity index (χ2v) is 7.08. The van der Waals surface area contributed by atoms with Crippen molar-refractivity contribution in [3.63, 3.8) is 0 Å². The summed E-state index contributed by atoms with van der Waals surface area (Å²) >= 11 is 5.85. The predicted molar refractivity (Wildman–Crippen MR) is 99.5 cm³/mol. The van der Waals surface area contributed by atoms with Crippen LogP contribution in [0.4, 0.5) is 5.69 Å². The van der Waals surface area contributed by atoms with E-state index in [4.69, 9.17) is 11.6 Å². The Morgan fingerprint density at radius 2 is 1.88 bits per heavy atom. The molecule has 3 rings (SSSR count). The maximum Gasteiger partial charge on any atom is 0.255 e. The average molecular weight is 343 g/mol. The number of benzene rings is 2. The maximum absolute atomic E-state index is 12.3. The van der Waals surface area contributed by atoms with Crippen LogP contribution < -0.4 is 5.32 Å². The smallest absolute Gasteiger partial charge is 0.255 e. The Labute approximate surface area is 148 Å². The molecule has 0 radical (unpaired) electrons. The summed E-state index contributed by atoms with van der Waals surface area (Å²) in [4.78, 5) is 14.8. The van der Waals surface area contributed by atoms with E-state index in [0.29, 0.717) is 10.6 Å². The summed E-state index contributed by atoms with van der Waals surface area (Å²) < 4.78 is 0. The number of anilines is 1. The second kappa shape index (κ2) is 7.82. The van der Waals surface area contributed by atoms with E-state index >= 15 is 0 Å². The van der Waals surface area contributed by atoms with Crippen LogP contribution in [0.2, 0.25) is 5.02 Å². The van der Waals surface area contributed by atoms with Crippen LogP contribution in [0.1, 0.15) is 35.7 Å².